The van der Waals surface area contributed by atoms with Gasteiger partial charge in [0.25, 0.3) is 5.89 Å². The zero-order valence-electron chi connectivity index (χ0n) is 12.5. The van der Waals surface area contributed by atoms with E-state index >= 15 is 0 Å². The van der Waals surface area contributed by atoms with Crippen molar-refractivity contribution < 1.29 is 9.26 Å². The van der Waals surface area contributed by atoms with Crippen molar-refractivity contribution in [2.24, 2.45) is 5.73 Å². The summed E-state index contributed by atoms with van der Waals surface area (Å²) >= 11 is 0. The first-order chi connectivity index (χ1) is 11.3. The lowest BCUT2D eigenvalue weighted by atomic mass is 10.1. The minimum Gasteiger partial charge on any atom is -0.375 e. The number of nitrogens with two attached hydrogens (primary N) is 1. The molecule has 0 saturated heterocycles. The smallest absolute Gasteiger partial charge is 0.259 e. The van der Waals surface area contributed by atoms with Crippen molar-refractivity contribution in [3.63, 3.8) is 0 Å². The van der Waals surface area contributed by atoms with Crippen LogP contribution >= 0.6 is 0 Å². The van der Waals surface area contributed by atoms with E-state index in [2.05, 4.69) is 15.1 Å². The first-order valence-electron chi connectivity index (χ1n) is 7.51. The van der Waals surface area contributed by atoms with Gasteiger partial charge in [-0.15, -0.1) is 0 Å². The summed E-state index contributed by atoms with van der Waals surface area (Å²) in [4.78, 5) is 8.86. The Hall–Kier alpha value is -2.57. The molecule has 0 amide bonds. The second-order valence-corrected chi connectivity index (χ2v) is 5.48. The minimum atomic E-state index is -0.410. The first-order valence-corrected chi connectivity index (χ1v) is 7.51. The van der Waals surface area contributed by atoms with Crippen LogP contribution in [0.4, 0.5) is 0 Å². The fraction of sp³-hybridized carbons (Fsp3) is 0.235. The molecule has 6 nitrogen and oxygen atoms in total. The monoisotopic (exact) mass is 308 g/mol. The third kappa shape index (κ3) is 2.74. The molecule has 6 heteroatoms. The highest BCUT2D eigenvalue weighted by molar-refractivity contribution is 5.53. The Morgan fingerprint density at radius 3 is 2.91 bits per heavy atom. The maximum atomic E-state index is 6.20. The molecule has 3 heterocycles. The van der Waals surface area contributed by atoms with E-state index in [0.717, 1.165) is 23.2 Å². The van der Waals surface area contributed by atoms with Gasteiger partial charge < -0.3 is 15.0 Å². The van der Waals surface area contributed by atoms with E-state index < -0.39 is 6.04 Å². The number of hydrogen-bond donors (Lipinski definition) is 1. The zero-order valence-corrected chi connectivity index (χ0v) is 12.5. The highest BCUT2D eigenvalue weighted by atomic mass is 16.5. The van der Waals surface area contributed by atoms with Crippen molar-refractivity contribution in [1.82, 2.24) is 15.1 Å². The Bertz CT molecular complexity index is 816. The quantitative estimate of drug-likeness (QED) is 0.798. The summed E-state index contributed by atoms with van der Waals surface area (Å²) in [5.41, 5.74) is 10.1. The van der Waals surface area contributed by atoms with Gasteiger partial charge in [-0.3, -0.25) is 4.98 Å². The molecule has 0 aliphatic carbocycles. The van der Waals surface area contributed by atoms with Gasteiger partial charge in [0, 0.05) is 6.20 Å². The van der Waals surface area contributed by atoms with Gasteiger partial charge in [0.05, 0.1) is 30.5 Å². The number of rotatable bonds is 3. The molecular weight excluding hydrogens is 292 g/mol. The normalized spacial score (nSPS) is 15.2. The molecular formula is C17H16N4O2. The summed E-state index contributed by atoms with van der Waals surface area (Å²) in [6.07, 6.45) is 2.58. The Labute approximate surface area is 133 Å². The van der Waals surface area contributed by atoms with Crippen molar-refractivity contribution in [3.05, 3.63) is 65.2 Å². The van der Waals surface area contributed by atoms with Crippen LogP contribution in [0.2, 0.25) is 0 Å². The van der Waals surface area contributed by atoms with E-state index in [1.165, 1.54) is 5.56 Å². The number of ether oxygens (including phenoxy) is 1. The Balaban J connectivity index is 1.63. The predicted octanol–water partition coefficient (Wildman–Crippen LogP) is 2.25. The number of benzene rings is 1. The molecule has 0 bridgehead atoms. The van der Waals surface area contributed by atoms with Crippen LogP contribution in [-0.2, 0) is 17.8 Å². The van der Waals surface area contributed by atoms with Gasteiger partial charge >= 0.3 is 0 Å². The summed E-state index contributed by atoms with van der Waals surface area (Å²) < 4.78 is 10.8. The van der Waals surface area contributed by atoms with Gasteiger partial charge in [0.1, 0.15) is 0 Å². The van der Waals surface area contributed by atoms with E-state index in [1.54, 1.807) is 6.20 Å². The molecule has 0 spiro atoms. The summed E-state index contributed by atoms with van der Waals surface area (Å²) in [6, 6.07) is 11.3. The van der Waals surface area contributed by atoms with E-state index in [9.17, 15) is 0 Å². The maximum Gasteiger partial charge on any atom is 0.259 e. The standard InChI is InChI=1S/C17H16N4O2/c18-15(11-4-2-1-3-5-11)16-20-17(23-21-16)13-8-12-6-7-22-10-14(12)19-9-13/h1-5,8-9,15H,6-7,10,18H2. The number of nitrogens with zero attached hydrogens (tertiary/aromatic N) is 3. The van der Waals surface area contributed by atoms with E-state index in [1.807, 2.05) is 36.4 Å². The molecule has 1 aliphatic heterocycles. The van der Waals surface area contributed by atoms with Crippen LogP contribution in [0.25, 0.3) is 11.5 Å². The average Bonchev–Trinajstić information content (AvgIpc) is 3.11. The molecule has 2 aromatic heterocycles. The predicted molar refractivity (Wildman–Crippen MR) is 83.4 cm³/mol. The Morgan fingerprint density at radius 2 is 2.04 bits per heavy atom. The second-order valence-electron chi connectivity index (χ2n) is 5.48. The van der Waals surface area contributed by atoms with Gasteiger partial charge in [-0.2, -0.15) is 4.98 Å². The van der Waals surface area contributed by atoms with Crippen LogP contribution in [0.3, 0.4) is 0 Å². The summed E-state index contributed by atoms with van der Waals surface area (Å²) in [7, 11) is 0. The first kappa shape index (κ1) is 14.0. The lowest BCUT2D eigenvalue weighted by molar-refractivity contribution is 0.107. The highest BCUT2D eigenvalue weighted by Crippen LogP contribution is 2.24. The second kappa shape index (κ2) is 5.91. The van der Waals surface area contributed by atoms with Crippen molar-refractivity contribution in [2.75, 3.05) is 6.61 Å². The van der Waals surface area contributed by atoms with Gasteiger partial charge in [0.15, 0.2) is 5.82 Å². The molecule has 1 aliphatic rings. The van der Waals surface area contributed by atoms with Crippen molar-refractivity contribution in [2.45, 2.75) is 19.1 Å². The molecule has 1 aromatic carbocycles. The third-order valence-corrected chi connectivity index (χ3v) is 3.94. The number of aromatic nitrogens is 3. The largest absolute Gasteiger partial charge is 0.375 e. The van der Waals surface area contributed by atoms with E-state index in [-0.39, 0.29) is 0 Å². The molecule has 1 atom stereocenters. The Kier molecular flexibility index (Phi) is 3.61. The Morgan fingerprint density at radius 1 is 1.17 bits per heavy atom. The fourth-order valence-corrected chi connectivity index (χ4v) is 2.64. The average molecular weight is 308 g/mol. The SMILES string of the molecule is NC(c1ccccc1)c1noc(-c2cnc3c(c2)CCOC3)n1. The lowest BCUT2D eigenvalue weighted by Crippen LogP contribution is -2.13. The van der Waals surface area contributed by atoms with Gasteiger partial charge in [-0.25, -0.2) is 0 Å². The summed E-state index contributed by atoms with van der Waals surface area (Å²) in [6.45, 7) is 1.27. The topological polar surface area (TPSA) is 87.1 Å². The lowest BCUT2D eigenvalue weighted by Gasteiger charge is -2.15. The number of fused-ring (bicyclic) bond motifs is 1. The van der Waals surface area contributed by atoms with Gasteiger partial charge in [0.2, 0.25) is 0 Å². The third-order valence-electron chi connectivity index (χ3n) is 3.94. The molecule has 0 saturated carbocycles. The van der Waals surface area contributed by atoms with Gasteiger partial charge in [-0.1, -0.05) is 35.5 Å². The van der Waals surface area contributed by atoms with Crippen LogP contribution < -0.4 is 5.73 Å². The van der Waals surface area contributed by atoms with E-state index in [4.69, 9.17) is 15.0 Å². The summed E-state index contributed by atoms with van der Waals surface area (Å²) in [5.74, 6) is 0.903. The van der Waals surface area contributed by atoms with Crippen LogP contribution in [-0.4, -0.2) is 21.7 Å². The minimum absolute atomic E-state index is 0.410. The summed E-state index contributed by atoms with van der Waals surface area (Å²) in [5, 5.41) is 4.02. The number of pyridine rings is 1. The van der Waals surface area contributed by atoms with E-state index in [0.29, 0.717) is 24.9 Å². The molecule has 0 fully saturated rings. The molecule has 1 unspecified atom stereocenters. The molecule has 23 heavy (non-hydrogen) atoms. The highest BCUT2D eigenvalue weighted by Gasteiger charge is 2.19. The van der Waals surface area contributed by atoms with Crippen molar-refractivity contribution >= 4 is 0 Å². The molecule has 3 aromatic rings. The zero-order chi connectivity index (χ0) is 15.6. The van der Waals surface area contributed by atoms with Crippen LogP contribution in [0.15, 0.2) is 47.1 Å². The molecule has 4 rings (SSSR count). The van der Waals surface area contributed by atoms with Crippen LogP contribution in [0.1, 0.15) is 28.7 Å². The van der Waals surface area contributed by atoms with Crippen molar-refractivity contribution in [3.8, 4) is 11.5 Å². The van der Waals surface area contributed by atoms with Gasteiger partial charge in [-0.05, 0) is 23.6 Å². The van der Waals surface area contributed by atoms with Crippen molar-refractivity contribution in [1.29, 1.82) is 0 Å². The molecule has 116 valence electrons. The van der Waals surface area contributed by atoms with Crippen LogP contribution in [0.5, 0.6) is 0 Å². The fourth-order valence-electron chi connectivity index (χ4n) is 2.64. The maximum absolute atomic E-state index is 6.20. The molecule has 0 radical (unpaired) electrons. The number of hydrogen-bond acceptors (Lipinski definition) is 6. The molecule has 2 N–H and O–H groups in total. The van der Waals surface area contributed by atoms with Crippen LogP contribution in [0, 0.1) is 0 Å².